The Morgan fingerprint density at radius 2 is 0.645 bits per heavy atom. The van der Waals surface area contributed by atoms with E-state index in [1.165, 1.54) is 21.7 Å². The minimum Gasteiger partial charge on any atom is -0.478 e. The van der Waals surface area contributed by atoms with Gasteiger partial charge >= 0.3 is 30.3 Å². The Kier molecular flexibility index (Phi) is 32.4. The highest BCUT2D eigenvalue weighted by Gasteiger charge is 2.45. The third-order valence-electron chi connectivity index (χ3n) is 23.6. The zero-order valence-corrected chi connectivity index (χ0v) is 74.1. The second kappa shape index (κ2) is 42.0. The molecule has 34 heteroatoms. The molecule has 6 aliphatic heterocycles. The molecule has 6 aliphatic rings. The van der Waals surface area contributed by atoms with Crippen molar-refractivity contribution in [3.63, 3.8) is 0 Å². The van der Waals surface area contributed by atoms with Gasteiger partial charge < -0.3 is 44.7 Å². The Bertz CT molecular complexity index is 4840. The van der Waals surface area contributed by atoms with Crippen molar-refractivity contribution in [3.05, 3.63) is 195 Å². The molecule has 0 saturated carbocycles. The molecule has 3 atom stereocenters. The van der Waals surface area contributed by atoms with Crippen molar-refractivity contribution in [3.8, 4) is 33.4 Å². The maximum atomic E-state index is 13.9. The Balaban J connectivity index is 0.000000180. The average molecular weight is 1830 g/mol. The molecule has 0 bridgehead atoms. The fraction of sp³-hybridized carbons (Fsp3) is 0.467. The molecule has 6 saturated heterocycles. The lowest BCUT2D eigenvalue weighted by Crippen LogP contribution is -2.47. The van der Waals surface area contributed by atoms with Gasteiger partial charge in [-0.1, -0.05) is 131 Å². The van der Waals surface area contributed by atoms with E-state index in [1.54, 1.807) is 0 Å². The van der Waals surface area contributed by atoms with Crippen molar-refractivity contribution in [1.82, 2.24) is 44.0 Å². The molecule has 0 amide bonds. The molecule has 3 N–H and O–H groups in total. The summed E-state index contributed by atoms with van der Waals surface area (Å²) in [5.74, 6) is -2.71. The second-order valence-electron chi connectivity index (χ2n) is 33.7. The highest BCUT2D eigenvalue weighted by atomic mass is 35.5. The van der Waals surface area contributed by atoms with Gasteiger partial charge in [0, 0.05) is 203 Å². The van der Waals surface area contributed by atoms with Gasteiger partial charge in [-0.05, 0) is 146 Å². The zero-order valence-electron chi connectivity index (χ0n) is 70.2. The van der Waals surface area contributed by atoms with Crippen molar-refractivity contribution in [2.45, 2.75) is 117 Å². The molecular formula is C90H108Cl5F8N15O6. The van der Waals surface area contributed by atoms with Crippen LogP contribution in [0.25, 0.3) is 33.4 Å². The van der Waals surface area contributed by atoms with Gasteiger partial charge in [-0.2, -0.15) is 41.6 Å². The van der Waals surface area contributed by atoms with Crippen LogP contribution in [0.5, 0.6) is 0 Å². The van der Waals surface area contributed by atoms with Gasteiger partial charge in [0.2, 0.25) is 0 Å². The number of piperidine rings is 3. The molecule has 0 aliphatic carbocycles. The maximum absolute atomic E-state index is 13.9. The normalized spacial score (nSPS) is 18.4. The third kappa shape index (κ3) is 23.2. The summed E-state index contributed by atoms with van der Waals surface area (Å²) in [4.78, 5) is 55.4. The number of halogens is 13. The van der Waals surface area contributed by atoms with E-state index in [1.807, 2.05) is 64.4 Å². The van der Waals surface area contributed by atoms with Crippen molar-refractivity contribution in [1.29, 1.82) is 0 Å². The number of nitrogens with zero attached hydrogens (tertiary/aromatic N) is 15. The van der Waals surface area contributed by atoms with Crippen molar-refractivity contribution < 1.29 is 64.8 Å². The summed E-state index contributed by atoms with van der Waals surface area (Å²) in [6, 6.07) is 40.7. The Morgan fingerprint density at radius 1 is 0.379 bits per heavy atom. The highest BCUT2D eigenvalue weighted by molar-refractivity contribution is 6.31. The van der Waals surface area contributed by atoms with E-state index in [-0.39, 0.29) is 43.9 Å². The molecule has 124 heavy (non-hydrogen) atoms. The van der Waals surface area contributed by atoms with Gasteiger partial charge in [-0.3, -0.25) is 28.7 Å². The summed E-state index contributed by atoms with van der Waals surface area (Å²) in [7, 11) is 0. The van der Waals surface area contributed by atoms with Crippen LogP contribution < -0.4 is 29.4 Å². The van der Waals surface area contributed by atoms with Crippen LogP contribution in [0.3, 0.4) is 0 Å². The maximum Gasteiger partial charge on any atom is 0.433 e. The Hall–Kier alpha value is -9.07. The SMILES string of the molecule is CC(C)CN1CCN(c2ccc(-c3ccc(Cl)cc3N3CCCC(n4ncc(C(=O)O)c4C(F)(F)F)C3)cc2)CC1.CC(C)CN1CCN(c2ccc(-c3ccc(Cl)cc3N3CCCC(n4ncc(C(=O)O)c4C(F)(F)F)C3)cc2)CC1.CC(C)CN1CCN(c2ccc(-c3ccc(Cl)cc3N3CCC[C@@H](n4ncc(C(=O)O)c4C(F)F)C3)cc2)CC1.Cl.Cl. The summed E-state index contributed by atoms with van der Waals surface area (Å²) in [5, 5.41) is 41.5. The van der Waals surface area contributed by atoms with Crippen molar-refractivity contribution in [2.75, 3.05) is 167 Å². The number of hydrogen-bond donors (Lipinski definition) is 3. The number of carboxylic acid groups (broad SMARTS) is 3. The molecule has 6 aromatic carbocycles. The monoisotopic (exact) mass is 1820 g/mol. The lowest BCUT2D eigenvalue weighted by atomic mass is 9.99. The largest absolute Gasteiger partial charge is 0.478 e. The van der Waals surface area contributed by atoms with Crippen LogP contribution in [0.15, 0.2) is 146 Å². The Labute approximate surface area is 745 Å². The van der Waals surface area contributed by atoms with Gasteiger partial charge in [0.1, 0.15) is 22.4 Å². The first-order valence-corrected chi connectivity index (χ1v) is 43.1. The van der Waals surface area contributed by atoms with Crippen LogP contribution in [0.1, 0.15) is 153 Å². The minimum absolute atomic E-state index is 0. The first-order chi connectivity index (χ1) is 58.2. The lowest BCUT2D eigenvalue weighted by Gasteiger charge is -2.37. The summed E-state index contributed by atoms with van der Waals surface area (Å²) in [5.41, 5.74) is 6.95. The number of hydrogen-bond acceptors (Lipinski definition) is 15. The average Bonchev–Trinajstić information content (AvgIpc) is 1.72. The fourth-order valence-electron chi connectivity index (χ4n) is 18.0. The van der Waals surface area contributed by atoms with E-state index in [9.17, 15) is 64.8 Å². The molecule has 6 fully saturated rings. The minimum atomic E-state index is -4.84. The Morgan fingerprint density at radius 3 is 0.903 bits per heavy atom. The van der Waals surface area contributed by atoms with E-state index in [0.29, 0.717) is 84.6 Å². The number of benzene rings is 6. The van der Waals surface area contributed by atoms with Crippen LogP contribution in [-0.4, -0.2) is 215 Å². The molecule has 2 unspecified atom stereocenters. The number of carboxylic acids is 3. The summed E-state index contributed by atoms with van der Waals surface area (Å²) < 4.78 is 114. The van der Waals surface area contributed by atoms with E-state index in [2.05, 4.69) is 164 Å². The number of piperazine rings is 3. The smallest absolute Gasteiger partial charge is 0.433 e. The number of carbonyl (C=O) groups is 3. The second-order valence-corrected chi connectivity index (χ2v) is 35.0. The van der Waals surface area contributed by atoms with Gasteiger partial charge in [0.05, 0.1) is 36.7 Å². The number of aromatic carboxylic acids is 3. The van der Waals surface area contributed by atoms with Crippen LogP contribution in [-0.2, 0) is 12.4 Å². The predicted molar refractivity (Wildman–Crippen MR) is 480 cm³/mol. The quantitative estimate of drug-likeness (QED) is 0.0542. The van der Waals surface area contributed by atoms with E-state index >= 15 is 0 Å². The standard InChI is InChI=1S/2C30H35ClF3N5O2.C30H36ClF2N5O2.2ClH/c2*1-20(2)18-36-12-14-37(15-13-36)23-8-5-21(6-9-23)25-10-7-22(31)16-27(25)38-11-3-4-24(19-38)39-28(30(32,33)34)26(17-35-39)29(40)41;1-20(2)18-35-12-14-36(15-13-35)23-8-5-21(6-9-23)25-10-7-22(31)16-27(25)37-11-3-4-24(19-37)38-28(29(32)33)26(17-34-38)30(39)40;;/h2*5-10,16-17,20,24H,3-4,11-15,18-19H2,1-2H3,(H,40,41);5-10,16-17,20,24,29H,3-4,11-15,18-19H2,1-2H3,(H,39,40);2*1H/t;;24-;;/m..1../s1. The number of aromatic nitrogens is 6. The van der Waals surface area contributed by atoms with Crippen molar-refractivity contribution in [2.24, 2.45) is 17.8 Å². The third-order valence-corrected chi connectivity index (χ3v) is 24.3. The molecule has 15 rings (SSSR count). The molecule has 21 nitrogen and oxygen atoms in total. The van der Waals surface area contributed by atoms with Crippen LogP contribution >= 0.6 is 59.6 Å². The highest BCUT2D eigenvalue weighted by Crippen LogP contribution is 2.45. The van der Waals surface area contributed by atoms with Gasteiger partial charge in [-0.25, -0.2) is 23.2 Å². The molecule has 9 aromatic rings. The van der Waals surface area contributed by atoms with Gasteiger partial charge in [-0.15, -0.1) is 24.8 Å². The summed E-state index contributed by atoms with van der Waals surface area (Å²) >= 11 is 19.2. The topological polar surface area (TPSA) is 195 Å². The number of rotatable bonds is 22. The molecule has 670 valence electrons. The van der Waals surface area contributed by atoms with Gasteiger partial charge in [0.15, 0.2) is 11.4 Å². The number of alkyl halides is 8. The first-order valence-electron chi connectivity index (χ1n) is 41.9. The van der Waals surface area contributed by atoms with Crippen LogP contribution in [0.2, 0.25) is 15.1 Å². The molecule has 0 radical (unpaired) electrons. The lowest BCUT2D eigenvalue weighted by molar-refractivity contribution is -0.146. The molecule has 0 spiro atoms. The summed E-state index contributed by atoms with van der Waals surface area (Å²) in [6.07, 6.45) is -6.45. The fourth-order valence-corrected chi connectivity index (χ4v) is 18.5. The first kappa shape index (κ1) is 95.6. The number of anilines is 6. The summed E-state index contributed by atoms with van der Waals surface area (Å²) in [6.45, 7) is 32.0. The van der Waals surface area contributed by atoms with Crippen molar-refractivity contribution >= 4 is 112 Å². The molecule has 9 heterocycles. The van der Waals surface area contributed by atoms with Crippen LogP contribution in [0.4, 0.5) is 69.2 Å². The van der Waals surface area contributed by atoms with E-state index < -0.39 is 82.5 Å². The van der Waals surface area contributed by atoms with E-state index in [0.717, 1.165) is 190 Å². The predicted octanol–water partition coefficient (Wildman–Crippen LogP) is 20.4. The van der Waals surface area contributed by atoms with Crippen LogP contribution in [0, 0.1) is 17.8 Å². The van der Waals surface area contributed by atoms with Gasteiger partial charge in [0.25, 0.3) is 6.43 Å². The molecule has 3 aromatic heterocycles. The van der Waals surface area contributed by atoms with E-state index in [4.69, 9.17) is 34.8 Å². The molecular weight excluding hydrogens is 1720 g/mol. The zero-order chi connectivity index (χ0) is 87.0.